The van der Waals surface area contributed by atoms with Crippen LogP contribution in [0.5, 0.6) is 11.5 Å². The molecule has 0 aliphatic carbocycles. The number of rotatable bonds is 6. The number of nitrogens with zero attached hydrogens (tertiary/aromatic N) is 1. The second-order valence-electron chi connectivity index (χ2n) is 8.18. The zero-order valence-electron chi connectivity index (χ0n) is 19.7. The topological polar surface area (TPSA) is 84.9 Å². The van der Waals surface area contributed by atoms with Gasteiger partial charge in [-0.3, -0.25) is 14.9 Å². The lowest BCUT2D eigenvalue weighted by Crippen LogP contribution is -2.54. The van der Waals surface area contributed by atoms with Crippen LogP contribution in [0.4, 0.5) is 10.5 Å². The third kappa shape index (κ3) is 5.29. The van der Waals surface area contributed by atoms with E-state index >= 15 is 0 Å². The summed E-state index contributed by atoms with van der Waals surface area (Å²) in [4.78, 5) is 39.0. The number of amides is 4. The summed E-state index contributed by atoms with van der Waals surface area (Å²) in [5.41, 5.74) is 3.85. The molecule has 1 saturated heterocycles. The lowest BCUT2D eigenvalue weighted by Gasteiger charge is -2.26. The van der Waals surface area contributed by atoms with Crippen LogP contribution in [-0.2, 0) is 16.2 Å². The van der Waals surface area contributed by atoms with Crippen LogP contribution in [0.25, 0.3) is 6.08 Å². The van der Waals surface area contributed by atoms with Crippen LogP contribution in [0.15, 0.2) is 64.6 Å². The highest BCUT2D eigenvalue weighted by Gasteiger charge is 2.36. The van der Waals surface area contributed by atoms with Crippen molar-refractivity contribution in [1.82, 2.24) is 5.32 Å². The fourth-order valence-corrected chi connectivity index (χ4v) is 4.20. The summed E-state index contributed by atoms with van der Waals surface area (Å²) >= 11 is 9.82. The number of imide groups is 2. The Bertz CT molecular complexity index is 1400. The Morgan fingerprint density at radius 1 is 1.00 bits per heavy atom. The van der Waals surface area contributed by atoms with E-state index in [9.17, 15) is 14.4 Å². The minimum atomic E-state index is -0.824. The molecule has 1 aliphatic rings. The Morgan fingerprint density at radius 2 is 1.72 bits per heavy atom. The Kier molecular flexibility index (Phi) is 7.47. The van der Waals surface area contributed by atoms with Crippen molar-refractivity contribution >= 4 is 57.1 Å². The van der Waals surface area contributed by atoms with Gasteiger partial charge < -0.3 is 9.47 Å². The standard InChI is InChI=1S/C27H22BrClN2O5/c1-15-4-5-17(10-16(15)2)14-36-24-22(29)12-18(13-23(24)35-3)11-21-25(32)30-27(34)31(26(21)33)20-8-6-19(28)7-9-20/h4-13H,14H2,1-3H3,(H,30,32,34)/b21-11+. The molecule has 4 rings (SSSR count). The third-order valence-corrected chi connectivity index (χ3v) is 6.51. The zero-order valence-corrected chi connectivity index (χ0v) is 22.1. The minimum Gasteiger partial charge on any atom is -0.493 e. The molecule has 0 bridgehead atoms. The van der Waals surface area contributed by atoms with Gasteiger partial charge in [-0.25, -0.2) is 9.69 Å². The number of nitrogens with one attached hydrogen (secondary N) is 1. The largest absolute Gasteiger partial charge is 0.493 e. The highest BCUT2D eigenvalue weighted by atomic mass is 79.9. The maximum atomic E-state index is 13.1. The fourth-order valence-electron chi connectivity index (χ4n) is 3.66. The molecule has 0 spiro atoms. The van der Waals surface area contributed by atoms with Crippen LogP contribution in [0.3, 0.4) is 0 Å². The molecular formula is C27H22BrClN2O5. The van der Waals surface area contributed by atoms with Crippen LogP contribution < -0.4 is 19.7 Å². The summed E-state index contributed by atoms with van der Waals surface area (Å²) in [6, 6.07) is 15.0. The Balaban J connectivity index is 1.63. The highest BCUT2D eigenvalue weighted by Crippen LogP contribution is 2.38. The molecule has 3 aromatic rings. The molecule has 1 fully saturated rings. The van der Waals surface area contributed by atoms with Crippen LogP contribution in [0, 0.1) is 13.8 Å². The van der Waals surface area contributed by atoms with Crippen molar-refractivity contribution in [2.24, 2.45) is 0 Å². The van der Waals surface area contributed by atoms with Crippen molar-refractivity contribution in [2.45, 2.75) is 20.5 Å². The van der Waals surface area contributed by atoms with E-state index in [-0.39, 0.29) is 17.2 Å². The van der Waals surface area contributed by atoms with Gasteiger partial charge in [0.1, 0.15) is 12.2 Å². The number of hydrogen-bond donors (Lipinski definition) is 1. The van der Waals surface area contributed by atoms with Crippen molar-refractivity contribution in [3.05, 3.63) is 91.9 Å². The molecule has 3 aromatic carbocycles. The number of barbiturate groups is 1. The van der Waals surface area contributed by atoms with E-state index in [1.165, 1.54) is 18.7 Å². The maximum absolute atomic E-state index is 13.1. The molecule has 9 heteroatoms. The molecule has 7 nitrogen and oxygen atoms in total. The molecule has 0 atom stereocenters. The van der Waals surface area contributed by atoms with E-state index in [2.05, 4.69) is 21.2 Å². The lowest BCUT2D eigenvalue weighted by atomic mass is 10.1. The lowest BCUT2D eigenvalue weighted by molar-refractivity contribution is -0.122. The predicted octanol–water partition coefficient (Wildman–Crippen LogP) is 5.97. The maximum Gasteiger partial charge on any atom is 0.335 e. The predicted molar refractivity (Wildman–Crippen MR) is 141 cm³/mol. The van der Waals surface area contributed by atoms with Crippen molar-refractivity contribution in [2.75, 3.05) is 12.0 Å². The first-order valence-electron chi connectivity index (χ1n) is 10.9. The van der Waals surface area contributed by atoms with Crippen molar-refractivity contribution in [3.63, 3.8) is 0 Å². The van der Waals surface area contributed by atoms with Crippen molar-refractivity contribution in [3.8, 4) is 11.5 Å². The van der Waals surface area contributed by atoms with Gasteiger partial charge in [-0.05, 0) is 78.6 Å². The quantitative estimate of drug-likeness (QED) is 0.292. The van der Waals surface area contributed by atoms with Crippen molar-refractivity contribution in [1.29, 1.82) is 0 Å². The van der Waals surface area contributed by atoms with E-state index in [1.54, 1.807) is 36.4 Å². The Morgan fingerprint density at radius 3 is 2.39 bits per heavy atom. The molecule has 1 heterocycles. The summed E-state index contributed by atoms with van der Waals surface area (Å²) in [5.74, 6) is -0.881. The smallest absolute Gasteiger partial charge is 0.335 e. The van der Waals surface area contributed by atoms with E-state index in [0.29, 0.717) is 22.7 Å². The van der Waals surface area contributed by atoms with Crippen LogP contribution in [0.1, 0.15) is 22.3 Å². The molecule has 0 saturated carbocycles. The van der Waals surface area contributed by atoms with Gasteiger partial charge in [0, 0.05) is 4.47 Å². The minimum absolute atomic E-state index is 0.223. The van der Waals surface area contributed by atoms with Gasteiger partial charge in [-0.1, -0.05) is 45.7 Å². The summed E-state index contributed by atoms with van der Waals surface area (Å²) in [5, 5.41) is 2.45. The highest BCUT2D eigenvalue weighted by molar-refractivity contribution is 9.10. The molecule has 0 aromatic heterocycles. The van der Waals surface area contributed by atoms with E-state index < -0.39 is 17.8 Å². The summed E-state index contributed by atoms with van der Waals surface area (Å²) in [6.07, 6.45) is 1.36. The Hall–Kier alpha value is -3.62. The average Bonchev–Trinajstić information content (AvgIpc) is 2.84. The molecule has 0 unspecified atom stereocenters. The van der Waals surface area contributed by atoms with Gasteiger partial charge in [-0.2, -0.15) is 0 Å². The SMILES string of the molecule is COc1cc(/C=C2\C(=O)NC(=O)N(c3ccc(Br)cc3)C2=O)cc(Cl)c1OCc1ccc(C)c(C)c1. The number of aryl methyl sites for hydroxylation is 2. The number of anilines is 1. The van der Waals surface area contributed by atoms with Gasteiger partial charge >= 0.3 is 6.03 Å². The second kappa shape index (κ2) is 10.6. The normalized spacial score (nSPS) is 14.8. The number of carbonyl (C=O) groups excluding carboxylic acids is 3. The van der Waals surface area contributed by atoms with Gasteiger partial charge in [0.2, 0.25) is 0 Å². The van der Waals surface area contributed by atoms with Gasteiger partial charge in [0.25, 0.3) is 11.8 Å². The average molecular weight is 570 g/mol. The summed E-state index contributed by atoms with van der Waals surface area (Å²) in [7, 11) is 1.47. The Labute approximate surface area is 221 Å². The number of benzene rings is 3. The zero-order chi connectivity index (χ0) is 26.0. The summed E-state index contributed by atoms with van der Waals surface area (Å²) < 4.78 is 12.2. The van der Waals surface area contributed by atoms with Crippen LogP contribution in [0.2, 0.25) is 5.02 Å². The monoisotopic (exact) mass is 568 g/mol. The molecule has 36 heavy (non-hydrogen) atoms. The van der Waals surface area contributed by atoms with E-state index in [0.717, 1.165) is 20.5 Å². The third-order valence-electron chi connectivity index (χ3n) is 5.70. The fraction of sp³-hybridized carbons (Fsp3) is 0.148. The van der Waals surface area contributed by atoms with Gasteiger partial charge in [0.05, 0.1) is 17.8 Å². The molecule has 0 radical (unpaired) electrons. The first kappa shape index (κ1) is 25.5. The first-order chi connectivity index (χ1) is 17.2. The molecule has 1 N–H and O–H groups in total. The molecule has 4 amide bonds. The molecule has 1 aliphatic heterocycles. The number of carbonyl (C=O) groups is 3. The van der Waals surface area contributed by atoms with Gasteiger partial charge in [0.15, 0.2) is 11.5 Å². The number of urea groups is 1. The van der Waals surface area contributed by atoms with Crippen LogP contribution in [-0.4, -0.2) is 25.0 Å². The van der Waals surface area contributed by atoms with E-state index in [1.807, 2.05) is 32.0 Å². The van der Waals surface area contributed by atoms with Crippen molar-refractivity contribution < 1.29 is 23.9 Å². The van der Waals surface area contributed by atoms with Gasteiger partial charge in [-0.15, -0.1) is 0 Å². The summed E-state index contributed by atoms with van der Waals surface area (Å²) in [6.45, 7) is 4.35. The number of methoxy groups -OCH3 is 1. The number of ether oxygens (including phenoxy) is 2. The van der Waals surface area contributed by atoms with Crippen LogP contribution >= 0.6 is 27.5 Å². The first-order valence-corrected chi connectivity index (χ1v) is 12.1. The molecule has 184 valence electrons. The molecular weight excluding hydrogens is 548 g/mol. The van der Waals surface area contributed by atoms with E-state index in [4.69, 9.17) is 21.1 Å². The number of halogens is 2. The number of hydrogen-bond acceptors (Lipinski definition) is 5. The second-order valence-corrected chi connectivity index (χ2v) is 9.50.